The molecule has 2 bridgehead atoms. The average Bonchev–Trinajstić information content (AvgIpc) is 3.38. The number of alkyl carbamates (subject to hydrolysis) is 1. The first kappa shape index (κ1) is 28.2. The molecule has 1 saturated heterocycles. The molecule has 3 atom stereocenters. The predicted molar refractivity (Wildman–Crippen MR) is 155 cm³/mol. The minimum Gasteiger partial charge on any atom is -0.491 e. The van der Waals surface area contributed by atoms with Crippen LogP contribution in [0.2, 0.25) is 0 Å². The minimum atomic E-state index is -0.835. The SMILES string of the molecule is CN1CCC[C@H](NC(=O)OCc2ccccc2)C(=O)N2C[C@@H](N)C[C@H]2COc2ccccc2-c2cccc(c2)C1=O. The zero-order valence-corrected chi connectivity index (χ0v) is 23.2. The highest BCUT2D eigenvalue weighted by Gasteiger charge is 2.38. The van der Waals surface area contributed by atoms with Crippen molar-refractivity contribution in [2.24, 2.45) is 5.73 Å². The van der Waals surface area contributed by atoms with E-state index in [0.29, 0.717) is 43.7 Å². The standard InChI is InChI=1S/C32H36N4O5/c1-35-16-8-14-28(34-32(39)41-20-22-9-3-2-4-10-22)31(38)36-19-25(33)18-26(36)21-40-29-15-6-5-13-27(29)23-11-7-12-24(17-23)30(35)37/h2-7,9-13,15,17,25-26,28H,8,14,16,18-21,33H2,1H3,(H,34,39)/t25-,26-,28-/m0/s1. The molecule has 2 aliphatic rings. The van der Waals surface area contributed by atoms with Crippen LogP contribution in [-0.4, -0.2) is 72.6 Å². The Labute approximate surface area is 240 Å². The highest BCUT2D eigenvalue weighted by molar-refractivity contribution is 5.95. The van der Waals surface area contributed by atoms with E-state index in [-0.39, 0.29) is 37.1 Å². The van der Waals surface area contributed by atoms with Crippen molar-refractivity contribution < 1.29 is 23.9 Å². The maximum absolute atomic E-state index is 13.9. The van der Waals surface area contributed by atoms with Crippen LogP contribution in [0.5, 0.6) is 5.75 Å². The summed E-state index contributed by atoms with van der Waals surface area (Å²) in [6.07, 6.45) is 0.750. The Hall–Kier alpha value is -4.37. The van der Waals surface area contributed by atoms with E-state index in [1.54, 1.807) is 22.9 Å². The Balaban J connectivity index is 1.40. The average molecular weight is 557 g/mol. The summed E-state index contributed by atoms with van der Waals surface area (Å²) in [6, 6.07) is 23.2. The quantitative estimate of drug-likeness (QED) is 0.507. The second-order valence-electron chi connectivity index (χ2n) is 10.7. The topological polar surface area (TPSA) is 114 Å². The van der Waals surface area contributed by atoms with Gasteiger partial charge in [0.15, 0.2) is 0 Å². The van der Waals surface area contributed by atoms with Gasteiger partial charge in [0.2, 0.25) is 5.91 Å². The van der Waals surface area contributed by atoms with E-state index in [9.17, 15) is 14.4 Å². The summed E-state index contributed by atoms with van der Waals surface area (Å²) in [5, 5.41) is 2.78. The lowest BCUT2D eigenvalue weighted by atomic mass is 10.0. The number of nitrogens with two attached hydrogens (primary N) is 1. The fourth-order valence-corrected chi connectivity index (χ4v) is 5.44. The van der Waals surface area contributed by atoms with Crippen LogP contribution in [-0.2, 0) is 16.1 Å². The van der Waals surface area contributed by atoms with Crippen molar-refractivity contribution in [3.05, 3.63) is 90.0 Å². The monoisotopic (exact) mass is 556 g/mol. The summed E-state index contributed by atoms with van der Waals surface area (Å²) in [5.41, 5.74) is 9.46. The van der Waals surface area contributed by atoms with E-state index in [1.807, 2.05) is 72.8 Å². The van der Waals surface area contributed by atoms with Crippen LogP contribution in [0.3, 0.4) is 0 Å². The van der Waals surface area contributed by atoms with Crippen LogP contribution in [0.15, 0.2) is 78.9 Å². The van der Waals surface area contributed by atoms with Crippen LogP contribution in [0, 0.1) is 0 Å². The van der Waals surface area contributed by atoms with Crippen LogP contribution in [0.4, 0.5) is 4.79 Å². The first-order chi connectivity index (χ1) is 19.9. The molecule has 2 aliphatic heterocycles. The smallest absolute Gasteiger partial charge is 0.408 e. The maximum atomic E-state index is 13.9. The molecule has 9 heteroatoms. The van der Waals surface area contributed by atoms with E-state index in [0.717, 1.165) is 16.7 Å². The van der Waals surface area contributed by atoms with Gasteiger partial charge >= 0.3 is 6.09 Å². The number of benzene rings is 3. The number of nitrogens with one attached hydrogen (secondary N) is 1. The number of amides is 3. The lowest BCUT2D eigenvalue weighted by Gasteiger charge is -2.30. The summed E-state index contributed by atoms with van der Waals surface area (Å²) in [7, 11) is 1.74. The second-order valence-corrected chi connectivity index (χ2v) is 10.7. The Morgan fingerprint density at radius 1 is 1.02 bits per heavy atom. The number of ether oxygens (including phenoxy) is 2. The van der Waals surface area contributed by atoms with Crippen LogP contribution < -0.4 is 15.8 Å². The fraction of sp³-hybridized carbons (Fsp3) is 0.344. The van der Waals surface area contributed by atoms with Gasteiger partial charge in [0, 0.05) is 37.3 Å². The molecule has 0 spiro atoms. The van der Waals surface area contributed by atoms with Crippen molar-refractivity contribution in [1.82, 2.24) is 15.1 Å². The summed E-state index contributed by atoms with van der Waals surface area (Å²) in [6.45, 7) is 1.12. The molecule has 214 valence electrons. The Morgan fingerprint density at radius 3 is 2.61 bits per heavy atom. The molecular weight excluding hydrogens is 520 g/mol. The number of hydrogen-bond acceptors (Lipinski definition) is 6. The molecule has 0 saturated carbocycles. The van der Waals surface area contributed by atoms with Crippen molar-refractivity contribution in [2.45, 2.75) is 44.0 Å². The Morgan fingerprint density at radius 2 is 1.78 bits per heavy atom. The fourth-order valence-electron chi connectivity index (χ4n) is 5.44. The van der Waals surface area contributed by atoms with Crippen LogP contribution in [0.25, 0.3) is 11.1 Å². The van der Waals surface area contributed by atoms with Crippen molar-refractivity contribution in [3.8, 4) is 16.9 Å². The van der Waals surface area contributed by atoms with Gasteiger partial charge in [0.1, 0.15) is 25.0 Å². The van der Waals surface area contributed by atoms with Crippen molar-refractivity contribution >= 4 is 17.9 Å². The molecule has 5 rings (SSSR count). The van der Waals surface area contributed by atoms with Gasteiger partial charge in [0.25, 0.3) is 5.91 Å². The molecule has 0 aliphatic carbocycles. The molecule has 0 radical (unpaired) electrons. The third-order valence-electron chi connectivity index (χ3n) is 7.60. The molecule has 0 aromatic heterocycles. The van der Waals surface area contributed by atoms with E-state index < -0.39 is 12.1 Å². The number of hydrogen-bond donors (Lipinski definition) is 2. The van der Waals surface area contributed by atoms with Gasteiger partial charge in [-0.3, -0.25) is 9.59 Å². The molecule has 0 unspecified atom stereocenters. The second kappa shape index (κ2) is 12.9. The lowest BCUT2D eigenvalue weighted by Crippen LogP contribution is -2.51. The van der Waals surface area contributed by atoms with Gasteiger partial charge in [0.05, 0.1) is 6.04 Å². The molecule has 9 nitrogen and oxygen atoms in total. The summed E-state index contributed by atoms with van der Waals surface area (Å²) < 4.78 is 11.7. The maximum Gasteiger partial charge on any atom is 0.408 e. The molecule has 41 heavy (non-hydrogen) atoms. The molecular formula is C32H36N4O5. The van der Waals surface area contributed by atoms with Gasteiger partial charge < -0.3 is 30.3 Å². The van der Waals surface area contributed by atoms with Gasteiger partial charge in [-0.05, 0) is 48.6 Å². The normalized spacial score (nSPS) is 21.5. The van der Waals surface area contributed by atoms with Gasteiger partial charge in [-0.2, -0.15) is 0 Å². The Kier molecular flexibility index (Phi) is 8.84. The van der Waals surface area contributed by atoms with E-state index in [2.05, 4.69) is 5.32 Å². The molecule has 3 aromatic rings. The minimum absolute atomic E-state index is 0.0916. The first-order valence-corrected chi connectivity index (χ1v) is 14.0. The number of carbonyl (C=O) groups excluding carboxylic acids is 3. The number of para-hydroxylation sites is 1. The summed E-state index contributed by atoms with van der Waals surface area (Å²) in [4.78, 5) is 43.3. The molecule has 3 N–H and O–H groups in total. The van der Waals surface area contributed by atoms with E-state index in [1.165, 1.54) is 0 Å². The van der Waals surface area contributed by atoms with Crippen LogP contribution in [0.1, 0.15) is 35.2 Å². The molecule has 2 heterocycles. The number of nitrogens with zero attached hydrogens (tertiary/aromatic N) is 2. The third kappa shape index (κ3) is 6.86. The highest BCUT2D eigenvalue weighted by Crippen LogP contribution is 2.32. The zero-order chi connectivity index (χ0) is 28.8. The highest BCUT2D eigenvalue weighted by atomic mass is 16.5. The number of rotatable bonds is 3. The molecule has 3 amide bonds. The first-order valence-electron chi connectivity index (χ1n) is 14.0. The van der Waals surface area contributed by atoms with Gasteiger partial charge in [-0.15, -0.1) is 0 Å². The summed E-state index contributed by atoms with van der Waals surface area (Å²) in [5.74, 6) is 0.299. The predicted octanol–water partition coefficient (Wildman–Crippen LogP) is 3.82. The Bertz CT molecular complexity index is 1380. The molecule has 3 aromatic carbocycles. The van der Waals surface area contributed by atoms with Crippen LogP contribution >= 0.6 is 0 Å². The number of carbonyl (C=O) groups is 3. The zero-order valence-electron chi connectivity index (χ0n) is 23.2. The van der Waals surface area contributed by atoms with E-state index in [4.69, 9.17) is 15.2 Å². The van der Waals surface area contributed by atoms with Crippen molar-refractivity contribution in [1.29, 1.82) is 0 Å². The summed E-state index contributed by atoms with van der Waals surface area (Å²) >= 11 is 0. The number of fused-ring (bicyclic) bond motifs is 5. The van der Waals surface area contributed by atoms with Gasteiger partial charge in [-0.1, -0.05) is 60.7 Å². The van der Waals surface area contributed by atoms with E-state index >= 15 is 0 Å². The molecule has 1 fully saturated rings. The third-order valence-corrected chi connectivity index (χ3v) is 7.60. The largest absolute Gasteiger partial charge is 0.491 e. The van der Waals surface area contributed by atoms with Gasteiger partial charge in [-0.25, -0.2) is 4.79 Å². The van der Waals surface area contributed by atoms with Crippen molar-refractivity contribution in [3.63, 3.8) is 0 Å². The lowest BCUT2D eigenvalue weighted by molar-refractivity contribution is -0.135. The van der Waals surface area contributed by atoms with Crippen molar-refractivity contribution in [2.75, 3.05) is 26.7 Å².